The lowest BCUT2D eigenvalue weighted by molar-refractivity contribution is -0.119. The van der Waals surface area contributed by atoms with E-state index in [1.54, 1.807) is 6.92 Å². The van der Waals surface area contributed by atoms with Crippen LogP contribution >= 0.6 is 0 Å². The summed E-state index contributed by atoms with van der Waals surface area (Å²) in [5.74, 6) is 0.0156. The van der Waals surface area contributed by atoms with E-state index in [2.05, 4.69) is 10.3 Å². The highest BCUT2D eigenvalue weighted by atomic mass is 16.5. The van der Waals surface area contributed by atoms with E-state index in [4.69, 9.17) is 9.15 Å². The molecule has 0 aliphatic carbocycles. The van der Waals surface area contributed by atoms with Gasteiger partial charge in [0.25, 0.3) is 6.01 Å². The van der Waals surface area contributed by atoms with Crippen LogP contribution in [0.4, 0.5) is 6.01 Å². The molecule has 1 aliphatic heterocycles. The fourth-order valence-corrected chi connectivity index (χ4v) is 2.32. The standard InChI is InChI=1S/C14H21N3O4/c1-3-20-13(19)12-9-21-14(16-12)17-6-4-11(5-7-17)8-15-10(2)18/h9,11H,3-8H2,1-2H3,(H,15,18). The molecule has 7 heteroatoms. The van der Waals surface area contributed by atoms with Crippen molar-refractivity contribution in [3.63, 3.8) is 0 Å². The number of nitrogens with one attached hydrogen (secondary N) is 1. The molecule has 1 aliphatic rings. The number of carbonyl (C=O) groups is 2. The molecule has 1 amide bonds. The molecule has 1 saturated heterocycles. The number of carbonyl (C=O) groups excluding carboxylic acids is 2. The molecule has 1 N–H and O–H groups in total. The highest BCUT2D eigenvalue weighted by Crippen LogP contribution is 2.22. The smallest absolute Gasteiger partial charge is 0.360 e. The number of anilines is 1. The van der Waals surface area contributed by atoms with E-state index in [1.807, 2.05) is 4.90 Å². The molecule has 7 nitrogen and oxygen atoms in total. The topological polar surface area (TPSA) is 84.7 Å². The summed E-state index contributed by atoms with van der Waals surface area (Å²) in [7, 11) is 0. The number of hydrogen-bond donors (Lipinski definition) is 1. The molecule has 0 saturated carbocycles. The van der Waals surface area contributed by atoms with Gasteiger partial charge >= 0.3 is 5.97 Å². The minimum atomic E-state index is -0.465. The molecule has 0 spiro atoms. The normalized spacial score (nSPS) is 15.8. The third-order valence-electron chi connectivity index (χ3n) is 3.50. The first-order valence-electron chi connectivity index (χ1n) is 7.22. The molecule has 21 heavy (non-hydrogen) atoms. The van der Waals surface area contributed by atoms with Crippen LogP contribution in [0.25, 0.3) is 0 Å². The molecule has 0 atom stereocenters. The number of ether oxygens (including phenoxy) is 1. The Hall–Kier alpha value is -2.05. The van der Waals surface area contributed by atoms with Gasteiger partial charge in [0.2, 0.25) is 5.91 Å². The predicted octanol–water partition coefficient (Wildman–Crippen LogP) is 1.20. The van der Waals surface area contributed by atoms with Crippen LogP contribution in [0.1, 0.15) is 37.2 Å². The molecule has 116 valence electrons. The van der Waals surface area contributed by atoms with Gasteiger partial charge in [0, 0.05) is 26.6 Å². The second-order valence-electron chi connectivity index (χ2n) is 5.10. The van der Waals surface area contributed by atoms with Gasteiger partial charge in [0.15, 0.2) is 5.69 Å². The molecule has 0 radical (unpaired) electrons. The van der Waals surface area contributed by atoms with Gasteiger partial charge in [-0.1, -0.05) is 0 Å². The van der Waals surface area contributed by atoms with E-state index < -0.39 is 5.97 Å². The van der Waals surface area contributed by atoms with Gasteiger partial charge < -0.3 is 19.4 Å². The molecule has 0 aromatic carbocycles. The van der Waals surface area contributed by atoms with Crippen molar-refractivity contribution >= 4 is 17.9 Å². The molecule has 1 fully saturated rings. The zero-order valence-electron chi connectivity index (χ0n) is 12.4. The van der Waals surface area contributed by atoms with Gasteiger partial charge in [-0.15, -0.1) is 0 Å². The molecule has 1 aromatic heterocycles. The Morgan fingerprint density at radius 1 is 1.48 bits per heavy atom. The Balaban J connectivity index is 1.85. The average molecular weight is 295 g/mol. The zero-order valence-corrected chi connectivity index (χ0v) is 12.4. The van der Waals surface area contributed by atoms with Crippen molar-refractivity contribution < 1.29 is 18.7 Å². The molecular weight excluding hydrogens is 274 g/mol. The first-order valence-corrected chi connectivity index (χ1v) is 7.22. The summed E-state index contributed by atoms with van der Waals surface area (Å²) < 4.78 is 10.2. The highest BCUT2D eigenvalue weighted by Gasteiger charge is 2.23. The first kappa shape index (κ1) is 15.3. The maximum atomic E-state index is 11.5. The predicted molar refractivity (Wildman–Crippen MR) is 76.1 cm³/mol. The van der Waals surface area contributed by atoms with E-state index in [9.17, 15) is 9.59 Å². The van der Waals surface area contributed by atoms with Crippen molar-refractivity contribution in [1.82, 2.24) is 10.3 Å². The average Bonchev–Trinajstić information content (AvgIpc) is 2.96. The van der Waals surface area contributed by atoms with Gasteiger partial charge in [0.1, 0.15) is 6.26 Å². The van der Waals surface area contributed by atoms with E-state index in [0.717, 1.165) is 25.9 Å². The van der Waals surface area contributed by atoms with Gasteiger partial charge in [0.05, 0.1) is 6.61 Å². The highest BCUT2D eigenvalue weighted by molar-refractivity contribution is 5.87. The Morgan fingerprint density at radius 2 is 2.19 bits per heavy atom. The second-order valence-corrected chi connectivity index (χ2v) is 5.10. The van der Waals surface area contributed by atoms with Crippen LogP contribution in [0.5, 0.6) is 0 Å². The minimum Gasteiger partial charge on any atom is -0.461 e. The van der Waals surface area contributed by atoms with E-state index in [0.29, 0.717) is 25.1 Å². The van der Waals surface area contributed by atoms with Crippen LogP contribution in [0, 0.1) is 5.92 Å². The fourth-order valence-electron chi connectivity index (χ4n) is 2.32. The lowest BCUT2D eigenvalue weighted by Crippen LogP contribution is -2.38. The summed E-state index contributed by atoms with van der Waals surface area (Å²) in [5, 5.41) is 2.85. The van der Waals surface area contributed by atoms with Gasteiger partial charge in [-0.2, -0.15) is 4.98 Å². The van der Waals surface area contributed by atoms with Crippen LogP contribution < -0.4 is 10.2 Å². The van der Waals surface area contributed by atoms with Crippen molar-refractivity contribution in [3.8, 4) is 0 Å². The fraction of sp³-hybridized carbons (Fsp3) is 0.643. The summed E-state index contributed by atoms with van der Waals surface area (Å²) in [5.41, 5.74) is 0.201. The quantitative estimate of drug-likeness (QED) is 0.822. The maximum absolute atomic E-state index is 11.5. The number of hydrogen-bond acceptors (Lipinski definition) is 6. The third-order valence-corrected chi connectivity index (χ3v) is 3.50. The summed E-state index contributed by atoms with van der Waals surface area (Å²) in [6, 6.07) is 0.455. The van der Waals surface area contributed by atoms with Crippen LogP contribution in [0.15, 0.2) is 10.7 Å². The van der Waals surface area contributed by atoms with E-state index in [-0.39, 0.29) is 11.6 Å². The molecule has 0 bridgehead atoms. The van der Waals surface area contributed by atoms with Crippen molar-refractivity contribution in [2.75, 3.05) is 31.1 Å². The summed E-state index contributed by atoms with van der Waals surface area (Å²) in [4.78, 5) is 28.6. The number of oxazole rings is 1. The zero-order chi connectivity index (χ0) is 15.2. The van der Waals surface area contributed by atoms with Crippen LogP contribution in [-0.4, -0.2) is 43.1 Å². The van der Waals surface area contributed by atoms with Crippen molar-refractivity contribution in [2.24, 2.45) is 5.92 Å². The van der Waals surface area contributed by atoms with Crippen LogP contribution in [-0.2, 0) is 9.53 Å². The first-order chi connectivity index (χ1) is 10.1. The Bertz CT molecular complexity index is 492. The van der Waals surface area contributed by atoms with Gasteiger partial charge in [-0.25, -0.2) is 4.79 Å². The van der Waals surface area contributed by atoms with Crippen LogP contribution in [0.3, 0.4) is 0 Å². The molecule has 2 heterocycles. The van der Waals surface area contributed by atoms with Gasteiger partial charge in [-0.3, -0.25) is 4.79 Å². The summed E-state index contributed by atoms with van der Waals surface area (Å²) >= 11 is 0. The Kier molecular flexibility index (Phi) is 5.19. The molecule has 1 aromatic rings. The lowest BCUT2D eigenvalue weighted by atomic mass is 9.97. The summed E-state index contributed by atoms with van der Waals surface area (Å²) in [6.45, 7) is 5.90. The number of rotatable bonds is 5. The molecular formula is C14H21N3O4. The summed E-state index contributed by atoms with van der Waals surface area (Å²) in [6.07, 6.45) is 3.24. The van der Waals surface area contributed by atoms with Crippen molar-refractivity contribution in [3.05, 3.63) is 12.0 Å². The van der Waals surface area contributed by atoms with Gasteiger partial charge in [-0.05, 0) is 25.7 Å². The monoisotopic (exact) mass is 295 g/mol. The molecule has 0 unspecified atom stereocenters. The third kappa shape index (κ3) is 4.21. The number of piperidine rings is 1. The lowest BCUT2D eigenvalue weighted by Gasteiger charge is -2.30. The van der Waals surface area contributed by atoms with Crippen LogP contribution in [0.2, 0.25) is 0 Å². The Morgan fingerprint density at radius 3 is 2.81 bits per heavy atom. The number of aromatic nitrogens is 1. The number of amides is 1. The molecule has 2 rings (SSSR count). The maximum Gasteiger partial charge on any atom is 0.360 e. The van der Waals surface area contributed by atoms with Crippen molar-refractivity contribution in [1.29, 1.82) is 0 Å². The van der Waals surface area contributed by atoms with Crippen molar-refractivity contribution in [2.45, 2.75) is 26.7 Å². The minimum absolute atomic E-state index is 0.00390. The SMILES string of the molecule is CCOC(=O)c1coc(N2CCC(CNC(C)=O)CC2)n1. The second kappa shape index (κ2) is 7.10. The van der Waals surface area contributed by atoms with E-state index in [1.165, 1.54) is 13.2 Å². The number of nitrogens with zero attached hydrogens (tertiary/aromatic N) is 2. The largest absolute Gasteiger partial charge is 0.461 e. The van der Waals surface area contributed by atoms with E-state index >= 15 is 0 Å². The number of esters is 1. The Labute approximate surface area is 123 Å².